The van der Waals surface area contributed by atoms with Crippen molar-refractivity contribution < 1.29 is 14.7 Å². The van der Waals surface area contributed by atoms with Crippen LogP contribution < -0.4 is 4.90 Å². The Balaban J connectivity index is 1.68. The Labute approximate surface area is 235 Å². The standard InChI is InChI=1S/C31H37ClN4O3/c1-21(2)16-18-35(20-29(37)38)30(39)26-19-33-31(34-27(26)15-12-23-8-5-4-7-22(23)3)36-17-6-9-28(36)24-10-13-25(32)14-11-24/h4-5,7-8,10-11,13-14,19,21,28H,6,9,12,15-18,20H2,1-3H3,(H,37,38)/t28-/m0/s1. The van der Waals surface area contributed by atoms with Gasteiger partial charge in [0.25, 0.3) is 5.91 Å². The van der Waals surface area contributed by atoms with E-state index in [2.05, 4.69) is 42.8 Å². The summed E-state index contributed by atoms with van der Waals surface area (Å²) in [6, 6.07) is 16.2. The molecule has 1 aromatic heterocycles. The molecular formula is C31H37ClN4O3. The van der Waals surface area contributed by atoms with Crippen LogP contribution in [-0.4, -0.2) is 51.5 Å². The van der Waals surface area contributed by atoms with Crippen LogP contribution in [-0.2, 0) is 17.6 Å². The number of hydrogen-bond acceptors (Lipinski definition) is 5. The number of halogens is 1. The van der Waals surface area contributed by atoms with Crippen molar-refractivity contribution in [1.82, 2.24) is 14.9 Å². The van der Waals surface area contributed by atoms with Crippen molar-refractivity contribution in [2.24, 2.45) is 5.92 Å². The predicted octanol–water partition coefficient (Wildman–Crippen LogP) is 6.14. The van der Waals surface area contributed by atoms with Crippen LogP contribution in [0.2, 0.25) is 5.02 Å². The Morgan fingerprint density at radius 1 is 1.13 bits per heavy atom. The third kappa shape index (κ3) is 7.35. The molecule has 0 unspecified atom stereocenters. The molecule has 0 aliphatic carbocycles. The molecule has 8 heteroatoms. The fourth-order valence-electron chi connectivity index (χ4n) is 5.10. The average Bonchev–Trinajstić information content (AvgIpc) is 3.40. The van der Waals surface area contributed by atoms with Gasteiger partial charge in [-0.25, -0.2) is 9.97 Å². The second-order valence-electron chi connectivity index (χ2n) is 10.7. The molecular weight excluding hydrogens is 512 g/mol. The number of aromatic nitrogens is 2. The molecule has 0 spiro atoms. The molecule has 0 saturated carbocycles. The summed E-state index contributed by atoms with van der Waals surface area (Å²) in [6.07, 6.45) is 5.57. The van der Waals surface area contributed by atoms with E-state index in [1.165, 1.54) is 16.0 Å². The maximum absolute atomic E-state index is 13.7. The van der Waals surface area contributed by atoms with E-state index in [9.17, 15) is 14.7 Å². The number of aliphatic carboxylic acids is 1. The van der Waals surface area contributed by atoms with Gasteiger partial charge in [0.2, 0.25) is 5.95 Å². The minimum Gasteiger partial charge on any atom is -0.480 e. The molecule has 206 valence electrons. The summed E-state index contributed by atoms with van der Waals surface area (Å²) < 4.78 is 0. The number of aryl methyl sites for hydroxylation is 3. The summed E-state index contributed by atoms with van der Waals surface area (Å²) >= 11 is 6.12. The van der Waals surface area contributed by atoms with Gasteiger partial charge in [0.1, 0.15) is 6.54 Å². The van der Waals surface area contributed by atoms with E-state index >= 15 is 0 Å². The summed E-state index contributed by atoms with van der Waals surface area (Å²) in [7, 11) is 0. The number of rotatable bonds is 11. The first kappa shape index (κ1) is 28.6. The van der Waals surface area contributed by atoms with Crippen LogP contribution in [0.25, 0.3) is 0 Å². The lowest BCUT2D eigenvalue weighted by Gasteiger charge is -2.27. The maximum Gasteiger partial charge on any atom is 0.323 e. The lowest BCUT2D eigenvalue weighted by Crippen LogP contribution is -2.38. The number of hydrogen-bond donors (Lipinski definition) is 1. The summed E-state index contributed by atoms with van der Waals surface area (Å²) in [6.45, 7) is 7.03. The van der Waals surface area contributed by atoms with Crippen LogP contribution in [0.4, 0.5) is 5.95 Å². The number of benzene rings is 2. The van der Waals surface area contributed by atoms with Gasteiger partial charge in [-0.1, -0.05) is 61.8 Å². The van der Waals surface area contributed by atoms with Gasteiger partial charge in [0.05, 0.1) is 17.3 Å². The van der Waals surface area contributed by atoms with Crippen LogP contribution in [0.1, 0.15) is 71.9 Å². The lowest BCUT2D eigenvalue weighted by molar-refractivity contribution is -0.137. The number of nitrogens with zero attached hydrogens (tertiary/aromatic N) is 4. The zero-order chi connectivity index (χ0) is 27.9. The zero-order valence-corrected chi connectivity index (χ0v) is 23.7. The molecule has 1 amide bonds. The Hall–Kier alpha value is -3.45. The van der Waals surface area contributed by atoms with Crippen molar-refractivity contribution in [1.29, 1.82) is 0 Å². The molecule has 7 nitrogen and oxygen atoms in total. The van der Waals surface area contributed by atoms with E-state index in [-0.39, 0.29) is 18.5 Å². The first-order chi connectivity index (χ1) is 18.7. The van der Waals surface area contributed by atoms with Gasteiger partial charge in [-0.2, -0.15) is 0 Å². The highest BCUT2D eigenvalue weighted by molar-refractivity contribution is 6.30. The van der Waals surface area contributed by atoms with Crippen molar-refractivity contribution in [3.63, 3.8) is 0 Å². The highest BCUT2D eigenvalue weighted by Gasteiger charge is 2.30. The van der Waals surface area contributed by atoms with E-state index < -0.39 is 5.97 Å². The van der Waals surface area contributed by atoms with Gasteiger partial charge in [-0.3, -0.25) is 9.59 Å². The van der Waals surface area contributed by atoms with E-state index in [4.69, 9.17) is 16.6 Å². The van der Waals surface area contributed by atoms with E-state index in [1.807, 2.05) is 36.4 Å². The van der Waals surface area contributed by atoms with Gasteiger partial charge in [-0.15, -0.1) is 0 Å². The van der Waals surface area contributed by atoms with Crippen molar-refractivity contribution in [3.05, 3.63) is 87.7 Å². The van der Waals surface area contributed by atoms with Gasteiger partial charge in [0.15, 0.2) is 0 Å². The molecule has 1 aliphatic heterocycles. The Morgan fingerprint density at radius 3 is 2.56 bits per heavy atom. The minimum atomic E-state index is -1.03. The number of carbonyl (C=O) groups excluding carboxylic acids is 1. The van der Waals surface area contributed by atoms with Gasteiger partial charge < -0.3 is 14.9 Å². The zero-order valence-electron chi connectivity index (χ0n) is 22.9. The molecule has 4 rings (SSSR count). The van der Waals surface area contributed by atoms with Crippen molar-refractivity contribution in [2.75, 3.05) is 24.5 Å². The summed E-state index contributed by atoms with van der Waals surface area (Å²) in [4.78, 5) is 38.5. The fourth-order valence-corrected chi connectivity index (χ4v) is 5.22. The fraction of sp³-hybridized carbons (Fsp3) is 0.419. The molecule has 0 radical (unpaired) electrons. The third-order valence-electron chi connectivity index (χ3n) is 7.33. The van der Waals surface area contributed by atoms with Gasteiger partial charge in [-0.05, 0) is 73.8 Å². The molecule has 1 N–H and O–H groups in total. The lowest BCUT2D eigenvalue weighted by atomic mass is 10.0. The Kier molecular flexibility index (Phi) is 9.57. The van der Waals surface area contributed by atoms with Gasteiger partial charge >= 0.3 is 5.97 Å². The summed E-state index contributed by atoms with van der Waals surface area (Å²) in [5.41, 5.74) is 4.56. The quantitative estimate of drug-likeness (QED) is 0.310. The Morgan fingerprint density at radius 2 is 1.87 bits per heavy atom. The molecule has 2 aromatic carbocycles. The molecule has 0 bridgehead atoms. The van der Waals surface area contributed by atoms with Crippen LogP contribution in [0, 0.1) is 12.8 Å². The van der Waals surface area contributed by atoms with Crippen LogP contribution >= 0.6 is 11.6 Å². The second kappa shape index (κ2) is 13.1. The van der Waals surface area contributed by atoms with Crippen LogP contribution in [0.5, 0.6) is 0 Å². The van der Waals surface area contributed by atoms with Crippen molar-refractivity contribution in [3.8, 4) is 0 Å². The number of carboxylic acids is 1. The Bertz CT molecular complexity index is 1300. The number of carbonyl (C=O) groups is 2. The smallest absolute Gasteiger partial charge is 0.323 e. The molecule has 39 heavy (non-hydrogen) atoms. The highest BCUT2D eigenvalue weighted by atomic mass is 35.5. The topological polar surface area (TPSA) is 86.6 Å². The first-order valence-electron chi connectivity index (χ1n) is 13.7. The molecule has 3 aromatic rings. The molecule has 1 aliphatic rings. The first-order valence-corrected chi connectivity index (χ1v) is 14.0. The average molecular weight is 549 g/mol. The number of amides is 1. The maximum atomic E-state index is 13.7. The molecule has 1 fully saturated rings. The monoisotopic (exact) mass is 548 g/mol. The van der Waals surface area contributed by atoms with E-state index in [1.54, 1.807) is 6.20 Å². The van der Waals surface area contributed by atoms with Gasteiger partial charge in [0, 0.05) is 24.3 Å². The van der Waals surface area contributed by atoms with Crippen molar-refractivity contribution in [2.45, 2.75) is 58.9 Å². The molecule has 1 atom stereocenters. The molecule has 1 saturated heterocycles. The van der Waals surface area contributed by atoms with Crippen LogP contribution in [0.3, 0.4) is 0 Å². The summed E-state index contributed by atoms with van der Waals surface area (Å²) in [5, 5.41) is 10.2. The summed E-state index contributed by atoms with van der Waals surface area (Å²) in [5.74, 6) is -0.432. The minimum absolute atomic E-state index is 0.127. The molecule has 2 heterocycles. The predicted molar refractivity (Wildman–Crippen MR) is 154 cm³/mol. The largest absolute Gasteiger partial charge is 0.480 e. The SMILES string of the molecule is Cc1ccccc1CCc1nc(N2CCC[C@H]2c2ccc(Cl)cc2)ncc1C(=O)N(CCC(C)C)CC(=O)O. The van der Waals surface area contributed by atoms with Crippen LogP contribution in [0.15, 0.2) is 54.7 Å². The number of anilines is 1. The number of carboxylic acid groups (broad SMARTS) is 1. The highest BCUT2D eigenvalue weighted by Crippen LogP contribution is 2.35. The third-order valence-corrected chi connectivity index (χ3v) is 7.58. The van der Waals surface area contributed by atoms with Crippen molar-refractivity contribution >= 4 is 29.4 Å². The van der Waals surface area contributed by atoms with E-state index in [0.717, 1.165) is 31.4 Å². The second-order valence-corrected chi connectivity index (χ2v) is 11.1. The van der Waals surface area contributed by atoms with E-state index in [0.29, 0.717) is 47.5 Å². The normalized spacial score (nSPS) is 15.1.